The van der Waals surface area contributed by atoms with Gasteiger partial charge in [-0.2, -0.15) is 0 Å². The van der Waals surface area contributed by atoms with Gasteiger partial charge in [0.2, 0.25) is 0 Å². The van der Waals surface area contributed by atoms with E-state index in [2.05, 4.69) is 15.0 Å². The number of hydrogen-bond acceptors (Lipinski definition) is 7. The van der Waals surface area contributed by atoms with E-state index in [9.17, 15) is 18.5 Å². The molecule has 2 rings (SSSR count). The molecule has 1 aromatic heterocycles. The second-order valence-electron chi connectivity index (χ2n) is 4.03. The summed E-state index contributed by atoms with van der Waals surface area (Å²) in [6.45, 7) is 0.185. The number of para-hydroxylation sites is 1. The molecule has 0 saturated carbocycles. The summed E-state index contributed by atoms with van der Waals surface area (Å²) in [4.78, 5) is 10.1. The molecule has 1 heterocycles. The zero-order valence-corrected chi connectivity index (χ0v) is 11.3. The Kier molecular flexibility index (Phi) is 3.70. The van der Waals surface area contributed by atoms with Gasteiger partial charge in [-0.3, -0.25) is 10.1 Å². The van der Waals surface area contributed by atoms with E-state index in [1.54, 1.807) is 6.07 Å². The van der Waals surface area contributed by atoms with Gasteiger partial charge in [-0.25, -0.2) is 8.42 Å². The van der Waals surface area contributed by atoms with Crippen molar-refractivity contribution in [1.82, 2.24) is 5.16 Å². The van der Waals surface area contributed by atoms with Gasteiger partial charge in [-0.1, -0.05) is 11.2 Å². The van der Waals surface area contributed by atoms with Gasteiger partial charge in [-0.05, 0) is 12.1 Å². The SMILES string of the molecule is CS(=O)(=O)c1cccc(NCc2ccon2)c1[N+](=O)[O-]. The van der Waals surface area contributed by atoms with Gasteiger partial charge < -0.3 is 9.84 Å². The molecule has 0 aliphatic heterocycles. The number of anilines is 1. The van der Waals surface area contributed by atoms with Crippen LogP contribution in [0.25, 0.3) is 0 Å². The Morgan fingerprint density at radius 2 is 2.15 bits per heavy atom. The van der Waals surface area contributed by atoms with Crippen molar-refractivity contribution in [3.05, 3.63) is 46.3 Å². The molecule has 0 aliphatic rings. The van der Waals surface area contributed by atoms with Crippen molar-refractivity contribution in [3.63, 3.8) is 0 Å². The summed E-state index contributed by atoms with van der Waals surface area (Å²) < 4.78 is 27.8. The molecule has 1 N–H and O–H groups in total. The van der Waals surface area contributed by atoms with E-state index in [-0.39, 0.29) is 17.1 Å². The fourth-order valence-corrected chi connectivity index (χ4v) is 2.53. The molecule has 0 unspecified atom stereocenters. The van der Waals surface area contributed by atoms with Crippen LogP contribution >= 0.6 is 0 Å². The molecule has 1 aromatic carbocycles. The van der Waals surface area contributed by atoms with Crippen LogP contribution in [0.15, 0.2) is 39.9 Å². The van der Waals surface area contributed by atoms with E-state index in [1.165, 1.54) is 24.5 Å². The predicted molar refractivity (Wildman–Crippen MR) is 70.0 cm³/mol. The van der Waals surface area contributed by atoms with E-state index in [1.807, 2.05) is 0 Å². The highest BCUT2D eigenvalue weighted by Gasteiger charge is 2.25. The summed E-state index contributed by atoms with van der Waals surface area (Å²) in [5, 5.41) is 17.5. The molecule has 0 fully saturated rings. The lowest BCUT2D eigenvalue weighted by atomic mass is 10.2. The van der Waals surface area contributed by atoms with Gasteiger partial charge in [-0.15, -0.1) is 0 Å². The van der Waals surface area contributed by atoms with Crippen molar-refractivity contribution < 1.29 is 17.9 Å². The molecule has 0 saturated heterocycles. The van der Waals surface area contributed by atoms with Crippen LogP contribution in [-0.2, 0) is 16.4 Å². The van der Waals surface area contributed by atoms with Gasteiger partial charge in [0.25, 0.3) is 0 Å². The van der Waals surface area contributed by atoms with Gasteiger partial charge in [0.1, 0.15) is 22.5 Å². The molecule has 0 aliphatic carbocycles. The van der Waals surface area contributed by atoms with Crippen LogP contribution in [-0.4, -0.2) is 24.8 Å². The van der Waals surface area contributed by atoms with E-state index in [0.29, 0.717) is 5.69 Å². The Morgan fingerprint density at radius 3 is 2.70 bits per heavy atom. The van der Waals surface area contributed by atoms with E-state index < -0.39 is 20.4 Å². The lowest BCUT2D eigenvalue weighted by molar-refractivity contribution is -0.386. The fraction of sp³-hybridized carbons (Fsp3) is 0.182. The third-order valence-corrected chi connectivity index (χ3v) is 3.66. The number of nitrogens with one attached hydrogen (secondary N) is 1. The van der Waals surface area contributed by atoms with Crippen LogP contribution in [0.2, 0.25) is 0 Å². The summed E-state index contributed by atoms with van der Waals surface area (Å²) in [6, 6.07) is 5.68. The normalized spacial score (nSPS) is 11.2. The monoisotopic (exact) mass is 297 g/mol. The zero-order chi connectivity index (χ0) is 14.8. The highest BCUT2D eigenvalue weighted by molar-refractivity contribution is 7.90. The minimum Gasteiger partial charge on any atom is -0.374 e. The summed E-state index contributed by atoms with van der Waals surface area (Å²) in [7, 11) is -3.69. The third kappa shape index (κ3) is 2.94. The fourth-order valence-electron chi connectivity index (χ4n) is 1.67. The largest absolute Gasteiger partial charge is 0.374 e. The molecule has 0 spiro atoms. The second kappa shape index (κ2) is 5.29. The van der Waals surface area contributed by atoms with E-state index in [4.69, 9.17) is 0 Å². The summed E-state index contributed by atoms with van der Waals surface area (Å²) in [5.74, 6) is 0. The summed E-state index contributed by atoms with van der Waals surface area (Å²) in [6.07, 6.45) is 2.30. The van der Waals surface area contributed by atoms with Gasteiger partial charge in [0.15, 0.2) is 9.84 Å². The molecular weight excluding hydrogens is 286 g/mol. The zero-order valence-electron chi connectivity index (χ0n) is 10.4. The van der Waals surface area contributed by atoms with Crippen LogP contribution in [0.4, 0.5) is 11.4 Å². The Balaban J connectivity index is 2.40. The van der Waals surface area contributed by atoms with Crippen molar-refractivity contribution in [2.45, 2.75) is 11.4 Å². The second-order valence-corrected chi connectivity index (χ2v) is 6.01. The molecule has 0 atom stereocenters. The first-order valence-corrected chi connectivity index (χ1v) is 7.39. The van der Waals surface area contributed by atoms with Crippen molar-refractivity contribution in [2.75, 3.05) is 11.6 Å². The third-order valence-electron chi connectivity index (χ3n) is 2.53. The Labute approximate surface area is 114 Å². The predicted octanol–water partition coefficient (Wildman–Crippen LogP) is 1.60. The number of rotatable bonds is 5. The van der Waals surface area contributed by atoms with Crippen LogP contribution < -0.4 is 5.32 Å². The maximum absolute atomic E-state index is 11.6. The number of nitro groups is 1. The van der Waals surface area contributed by atoms with Gasteiger partial charge in [0.05, 0.1) is 11.5 Å². The molecule has 0 bridgehead atoms. The highest BCUT2D eigenvalue weighted by atomic mass is 32.2. The average Bonchev–Trinajstić information content (AvgIpc) is 2.87. The maximum Gasteiger partial charge on any atom is 0.310 e. The first-order valence-electron chi connectivity index (χ1n) is 5.50. The highest BCUT2D eigenvalue weighted by Crippen LogP contribution is 2.32. The topological polar surface area (TPSA) is 115 Å². The number of sulfone groups is 1. The number of hydrogen-bond donors (Lipinski definition) is 1. The summed E-state index contributed by atoms with van der Waals surface area (Å²) in [5.41, 5.74) is 0.184. The minimum atomic E-state index is -3.69. The van der Waals surface area contributed by atoms with E-state index >= 15 is 0 Å². The minimum absolute atomic E-state index is 0.112. The number of aromatic nitrogens is 1. The van der Waals surface area contributed by atoms with Crippen LogP contribution in [0, 0.1) is 10.1 Å². The van der Waals surface area contributed by atoms with Crippen molar-refractivity contribution in [1.29, 1.82) is 0 Å². The average molecular weight is 297 g/mol. The van der Waals surface area contributed by atoms with Crippen molar-refractivity contribution in [3.8, 4) is 0 Å². The molecule has 0 radical (unpaired) electrons. The van der Waals surface area contributed by atoms with Crippen LogP contribution in [0.5, 0.6) is 0 Å². The quantitative estimate of drug-likeness (QED) is 0.658. The molecule has 8 nitrogen and oxygen atoms in total. The maximum atomic E-state index is 11.6. The molecule has 20 heavy (non-hydrogen) atoms. The van der Waals surface area contributed by atoms with Gasteiger partial charge >= 0.3 is 5.69 Å². The first kappa shape index (κ1) is 14.0. The lowest BCUT2D eigenvalue weighted by Crippen LogP contribution is -2.07. The summed E-state index contributed by atoms with van der Waals surface area (Å²) >= 11 is 0. The molecule has 9 heteroatoms. The van der Waals surface area contributed by atoms with Crippen LogP contribution in [0.3, 0.4) is 0 Å². The molecular formula is C11H11N3O5S. The van der Waals surface area contributed by atoms with Crippen LogP contribution in [0.1, 0.15) is 5.69 Å². The standard InChI is InChI=1S/C11H11N3O5S/c1-20(17,18)10-4-2-3-9(11(10)14(15)16)12-7-8-5-6-19-13-8/h2-6,12H,7H2,1H3. The first-order chi connectivity index (χ1) is 9.39. The molecule has 106 valence electrons. The van der Waals surface area contributed by atoms with Crippen molar-refractivity contribution >= 4 is 21.2 Å². The Bertz CT molecular complexity index is 725. The van der Waals surface area contributed by atoms with E-state index in [0.717, 1.165) is 6.26 Å². The van der Waals surface area contributed by atoms with Gasteiger partial charge in [0, 0.05) is 12.3 Å². The van der Waals surface area contributed by atoms with Crippen molar-refractivity contribution in [2.24, 2.45) is 0 Å². The molecule has 0 amide bonds. The number of nitrogens with zero attached hydrogens (tertiary/aromatic N) is 2. The number of benzene rings is 1. The smallest absolute Gasteiger partial charge is 0.310 e. The number of nitro benzene ring substituents is 1. The Hall–Kier alpha value is -2.42. The lowest BCUT2D eigenvalue weighted by Gasteiger charge is -2.08. The molecule has 2 aromatic rings. The Morgan fingerprint density at radius 1 is 1.40 bits per heavy atom.